The van der Waals surface area contributed by atoms with Crippen molar-refractivity contribution in [3.05, 3.63) is 90.5 Å². The van der Waals surface area contributed by atoms with Crippen molar-refractivity contribution in [1.82, 2.24) is 0 Å². The second kappa shape index (κ2) is 9.58. The summed E-state index contributed by atoms with van der Waals surface area (Å²) in [5, 5.41) is 10.5. The molecule has 0 amide bonds. The first kappa shape index (κ1) is 20.9. The van der Waals surface area contributed by atoms with E-state index in [2.05, 4.69) is 6.92 Å². The Bertz CT molecular complexity index is 990. The Hall–Kier alpha value is -2.83. The van der Waals surface area contributed by atoms with E-state index < -0.39 is 16.1 Å². The van der Waals surface area contributed by atoms with Gasteiger partial charge in [0.2, 0.25) is 0 Å². The number of rotatable bonds is 9. The highest BCUT2D eigenvalue weighted by molar-refractivity contribution is 7.92. The van der Waals surface area contributed by atoms with Gasteiger partial charge >= 0.3 is 0 Å². The topological polar surface area (TPSA) is 66.8 Å². The smallest absolute Gasteiger partial charge is 0.264 e. The van der Waals surface area contributed by atoms with Gasteiger partial charge in [0.1, 0.15) is 18.5 Å². The fraction of sp³-hybridized carbons (Fsp3) is 0.217. The number of aryl methyl sites for hydroxylation is 1. The van der Waals surface area contributed by atoms with Crippen LogP contribution in [0.4, 0.5) is 5.69 Å². The number of sulfonamides is 1. The molecule has 0 aliphatic heterocycles. The van der Waals surface area contributed by atoms with Crippen molar-refractivity contribution in [2.75, 3.05) is 17.5 Å². The third-order valence-corrected chi connectivity index (χ3v) is 6.33. The molecule has 3 rings (SSSR count). The van der Waals surface area contributed by atoms with Gasteiger partial charge in [-0.15, -0.1) is 0 Å². The average molecular weight is 412 g/mol. The van der Waals surface area contributed by atoms with E-state index in [0.29, 0.717) is 11.4 Å². The minimum Gasteiger partial charge on any atom is -0.491 e. The van der Waals surface area contributed by atoms with E-state index in [9.17, 15) is 13.5 Å². The molecule has 0 heterocycles. The van der Waals surface area contributed by atoms with Crippen molar-refractivity contribution >= 4 is 15.7 Å². The van der Waals surface area contributed by atoms with Crippen LogP contribution in [0.3, 0.4) is 0 Å². The van der Waals surface area contributed by atoms with Crippen LogP contribution in [0.25, 0.3) is 0 Å². The van der Waals surface area contributed by atoms with E-state index in [1.807, 2.05) is 30.3 Å². The van der Waals surface area contributed by atoms with E-state index in [1.54, 1.807) is 54.6 Å². The highest BCUT2D eigenvalue weighted by Gasteiger charge is 2.27. The normalized spacial score (nSPS) is 12.3. The minimum absolute atomic E-state index is 0.0148. The molecule has 0 aliphatic rings. The molecule has 1 atom stereocenters. The maximum atomic E-state index is 13.2. The zero-order chi connectivity index (χ0) is 20.7. The zero-order valence-electron chi connectivity index (χ0n) is 16.3. The average Bonchev–Trinajstić information content (AvgIpc) is 2.77. The highest BCUT2D eigenvalue weighted by atomic mass is 32.2. The summed E-state index contributed by atoms with van der Waals surface area (Å²) in [6, 6.07) is 24.6. The summed E-state index contributed by atoms with van der Waals surface area (Å²) in [5.41, 5.74) is 1.69. The molecule has 0 bridgehead atoms. The Morgan fingerprint density at radius 1 is 0.897 bits per heavy atom. The summed E-state index contributed by atoms with van der Waals surface area (Å²) >= 11 is 0. The molecular formula is C23H25NO4S. The van der Waals surface area contributed by atoms with Gasteiger partial charge in [0.15, 0.2) is 0 Å². The number of hydrogen-bond donors (Lipinski definition) is 1. The molecule has 6 heteroatoms. The van der Waals surface area contributed by atoms with Gasteiger partial charge in [-0.2, -0.15) is 0 Å². The largest absolute Gasteiger partial charge is 0.491 e. The summed E-state index contributed by atoms with van der Waals surface area (Å²) in [5.74, 6) is 0.637. The molecule has 0 spiro atoms. The summed E-state index contributed by atoms with van der Waals surface area (Å²) in [7, 11) is -3.82. The molecule has 0 radical (unpaired) electrons. The first-order valence-electron chi connectivity index (χ1n) is 9.53. The Kier molecular flexibility index (Phi) is 6.90. The number of nitrogens with zero attached hydrogens (tertiary/aromatic N) is 1. The first-order chi connectivity index (χ1) is 14.0. The summed E-state index contributed by atoms with van der Waals surface area (Å²) < 4.78 is 33.2. The maximum absolute atomic E-state index is 13.2. The van der Waals surface area contributed by atoms with Crippen molar-refractivity contribution in [1.29, 1.82) is 0 Å². The lowest BCUT2D eigenvalue weighted by molar-refractivity contribution is 0.115. The van der Waals surface area contributed by atoms with Crippen LogP contribution in [-0.4, -0.2) is 32.8 Å². The number of benzene rings is 3. The van der Waals surface area contributed by atoms with E-state index in [0.717, 1.165) is 6.42 Å². The van der Waals surface area contributed by atoms with Crippen molar-refractivity contribution in [2.45, 2.75) is 24.3 Å². The predicted molar refractivity (Wildman–Crippen MR) is 115 cm³/mol. The van der Waals surface area contributed by atoms with Gasteiger partial charge in [0.25, 0.3) is 10.0 Å². The second-order valence-corrected chi connectivity index (χ2v) is 8.51. The van der Waals surface area contributed by atoms with Gasteiger partial charge in [-0.25, -0.2) is 8.42 Å². The van der Waals surface area contributed by atoms with Crippen molar-refractivity contribution < 1.29 is 18.3 Å². The second-order valence-electron chi connectivity index (χ2n) is 6.65. The van der Waals surface area contributed by atoms with Crippen LogP contribution in [-0.2, 0) is 16.4 Å². The quantitative estimate of drug-likeness (QED) is 0.580. The molecule has 1 unspecified atom stereocenters. The van der Waals surface area contributed by atoms with E-state index in [1.165, 1.54) is 9.87 Å². The molecule has 1 N–H and O–H groups in total. The van der Waals surface area contributed by atoms with Gasteiger partial charge in [-0.3, -0.25) is 4.31 Å². The number of para-hydroxylation sites is 1. The van der Waals surface area contributed by atoms with Gasteiger partial charge in [0.05, 0.1) is 17.1 Å². The maximum Gasteiger partial charge on any atom is 0.264 e. The van der Waals surface area contributed by atoms with Crippen LogP contribution in [0.1, 0.15) is 12.5 Å². The van der Waals surface area contributed by atoms with Crippen LogP contribution < -0.4 is 9.04 Å². The van der Waals surface area contributed by atoms with Gasteiger partial charge in [0, 0.05) is 0 Å². The lowest BCUT2D eigenvalue weighted by atomic mass is 10.2. The number of aliphatic hydroxyl groups is 1. The first-order valence-corrected chi connectivity index (χ1v) is 11.0. The molecule has 0 fully saturated rings. The van der Waals surface area contributed by atoms with Crippen LogP contribution in [0.2, 0.25) is 0 Å². The molecule has 0 aliphatic carbocycles. The van der Waals surface area contributed by atoms with Crippen LogP contribution in [0.15, 0.2) is 89.8 Å². The van der Waals surface area contributed by atoms with Gasteiger partial charge in [-0.1, -0.05) is 55.5 Å². The fourth-order valence-corrected chi connectivity index (χ4v) is 4.44. The van der Waals surface area contributed by atoms with Crippen LogP contribution in [0, 0.1) is 0 Å². The zero-order valence-corrected chi connectivity index (χ0v) is 17.1. The number of hydrogen-bond acceptors (Lipinski definition) is 4. The lowest BCUT2D eigenvalue weighted by Crippen LogP contribution is -2.39. The Labute approximate surface area is 172 Å². The molecule has 29 heavy (non-hydrogen) atoms. The van der Waals surface area contributed by atoms with Gasteiger partial charge in [-0.05, 0) is 48.4 Å². The standard InChI is InChI=1S/C23H25NO4S/c1-2-19-13-15-22(16-14-19)28-18-21(25)17-24(20-9-5-3-6-10-20)29(26,27)23-11-7-4-8-12-23/h3-16,21,25H,2,17-18H2,1H3. The molecule has 0 saturated carbocycles. The third kappa shape index (κ3) is 5.37. The third-order valence-electron chi connectivity index (χ3n) is 4.53. The number of ether oxygens (including phenoxy) is 1. The Morgan fingerprint density at radius 3 is 2.07 bits per heavy atom. The molecule has 0 saturated heterocycles. The monoisotopic (exact) mass is 411 g/mol. The highest BCUT2D eigenvalue weighted by Crippen LogP contribution is 2.24. The summed E-state index contributed by atoms with van der Waals surface area (Å²) in [6.45, 7) is 1.94. The Morgan fingerprint density at radius 2 is 1.48 bits per heavy atom. The SMILES string of the molecule is CCc1ccc(OCC(O)CN(c2ccccc2)S(=O)(=O)c2ccccc2)cc1. The molecule has 5 nitrogen and oxygen atoms in total. The Balaban J connectivity index is 1.76. The molecule has 152 valence electrons. The minimum atomic E-state index is -3.82. The number of aliphatic hydroxyl groups excluding tert-OH is 1. The van der Waals surface area contributed by atoms with Gasteiger partial charge < -0.3 is 9.84 Å². The van der Waals surface area contributed by atoms with Crippen molar-refractivity contribution in [3.8, 4) is 5.75 Å². The van der Waals surface area contributed by atoms with Crippen LogP contribution in [0.5, 0.6) is 5.75 Å². The van der Waals surface area contributed by atoms with E-state index >= 15 is 0 Å². The molecular weight excluding hydrogens is 386 g/mol. The molecule has 0 aromatic heterocycles. The lowest BCUT2D eigenvalue weighted by Gasteiger charge is -2.27. The van der Waals surface area contributed by atoms with E-state index in [-0.39, 0.29) is 18.0 Å². The van der Waals surface area contributed by atoms with Crippen molar-refractivity contribution in [2.24, 2.45) is 0 Å². The summed E-state index contributed by atoms with van der Waals surface area (Å²) in [6.07, 6.45) is -0.0636. The van der Waals surface area contributed by atoms with Crippen LogP contribution >= 0.6 is 0 Å². The fourth-order valence-electron chi connectivity index (χ4n) is 2.91. The van der Waals surface area contributed by atoms with Crippen molar-refractivity contribution in [3.63, 3.8) is 0 Å². The molecule has 3 aromatic rings. The number of anilines is 1. The molecule has 3 aromatic carbocycles. The summed E-state index contributed by atoms with van der Waals surface area (Å²) in [4.78, 5) is 0.173. The van der Waals surface area contributed by atoms with E-state index in [4.69, 9.17) is 4.74 Å². The predicted octanol–water partition coefficient (Wildman–Crippen LogP) is 3.88.